The monoisotopic (exact) mass is 179 g/mol. The molecule has 0 radical (unpaired) electrons. The van der Waals surface area contributed by atoms with Crippen LogP contribution in [0, 0.1) is 0 Å². The van der Waals surface area contributed by atoms with Crippen molar-refractivity contribution in [2.75, 3.05) is 19.7 Å². The maximum absolute atomic E-state index is 5.90. The average Bonchev–Trinajstić information content (AvgIpc) is 1.99. The molecule has 0 unspecified atom stereocenters. The van der Waals surface area contributed by atoms with Gasteiger partial charge in [-0.1, -0.05) is 5.57 Å². The van der Waals surface area contributed by atoms with Gasteiger partial charge in [0.2, 0.25) is 0 Å². The van der Waals surface area contributed by atoms with Gasteiger partial charge in [-0.15, -0.1) is 0 Å². The van der Waals surface area contributed by atoms with Crippen molar-refractivity contribution < 1.29 is 4.74 Å². The number of hydrogen-bond donors (Lipinski definition) is 1. The van der Waals surface area contributed by atoms with Crippen molar-refractivity contribution in [3.05, 3.63) is 11.1 Å². The van der Waals surface area contributed by atoms with Crippen molar-refractivity contribution in [1.82, 2.24) is 5.32 Å². The second-order valence-corrected chi connectivity index (χ2v) is 4.62. The van der Waals surface area contributed by atoms with E-state index < -0.39 is 0 Å². The van der Waals surface area contributed by atoms with E-state index in [4.69, 9.17) is 4.74 Å². The van der Waals surface area contributed by atoms with Gasteiger partial charge in [0.25, 0.3) is 0 Å². The van der Waals surface area contributed by atoms with E-state index in [1.54, 1.807) is 11.1 Å². The maximum Gasteiger partial charge on any atom is 0.0719 e. The zero-order chi connectivity index (χ0) is 8.73. The quantitative estimate of drug-likeness (QED) is 0.570. The lowest BCUT2D eigenvalue weighted by Crippen LogP contribution is -2.45. The standard InChI is InChI=1S/C11H17NO/c1-3-11(4-1)6-9(2-5-13-11)10-7-12-8-10/h12H,1-8H2. The van der Waals surface area contributed by atoms with Gasteiger partial charge < -0.3 is 10.1 Å². The summed E-state index contributed by atoms with van der Waals surface area (Å²) >= 11 is 0. The third kappa shape index (κ3) is 1.24. The van der Waals surface area contributed by atoms with E-state index in [-0.39, 0.29) is 0 Å². The minimum Gasteiger partial charge on any atom is -0.374 e. The molecule has 3 rings (SSSR count). The van der Waals surface area contributed by atoms with Crippen LogP contribution >= 0.6 is 0 Å². The Morgan fingerprint density at radius 1 is 1.15 bits per heavy atom. The Bertz CT molecular complexity index is 247. The predicted molar refractivity (Wildman–Crippen MR) is 51.7 cm³/mol. The SMILES string of the molecule is C1CC2(C1)CC(=C1CNC1)CCO2. The van der Waals surface area contributed by atoms with Gasteiger partial charge in [-0.05, 0) is 37.7 Å². The Kier molecular flexibility index (Phi) is 1.74. The molecule has 13 heavy (non-hydrogen) atoms. The molecular formula is C11H17NO. The molecule has 1 saturated carbocycles. The Morgan fingerprint density at radius 2 is 2.00 bits per heavy atom. The minimum atomic E-state index is 0.302. The summed E-state index contributed by atoms with van der Waals surface area (Å²) in [5, 5.41) is 3.32. The van der Waals surface area contributed by atoms with Crippen LogP contribution in [0.5, 0.6) is 0 Å². The summed E-state index contributed by atoms with van der Waals surface area (Å²) in [5.74, 6) is 0. The van der Waals surface area contributed by atoms with Crippen LogP contribution in [0.2, 0.25) is 0 Å². The van der Waals surface area contributed by atoms with Crippen molar-refractivity contribution in [1.29, 1.82) is 0 Å². The zero-order valence-corrected chi connectivity index (χ0v) is 8.07. The fourth-order valence-corrected chi connectivity index (χ4v) is 2.61. The molecule has 0 aromatic carbocycles. The second-order valence-electron chi connectivity index (χ2n) is 4.62. The summed E-state index contributed by atoms with van der Waals surface area (Å²) in [5.41, 5.74) is 3.69. The van der Waals surface area contributed by atoms with Gasteiger partial charge in [0, 0.05) is 13.1 Å². The zero-order valence-electron chi connectivity index (χ0n) is 8.07. The molecule has 72 valence electrons. The van der Waals surface area contributed by atoms with Crippen molar-refractivity contribution in [2.45, 2.75) is 37.7 Å². The van der Waals surface area contributed by atoms with Gasteiger partial charge in [0.05, 0.1) is 12.2 Å². The molecule has 0 atom stereocenters. The Hall–Kier alpha value is -0.340. The highest BCUT2D eigenvalue weighted by molar-refractivity contribution is 5.26. The highest BCUT2D eigenvalue weighted by Gasteiger charge is 2.41. The topological polar surface area (TPSA) is 21.3 Å². The van der Waals surface area contributed by atoms with Crippen LogP contribution in [0.25, 0.3) is 0 Å². The van der Waals surface area contributed by atoms with E-state index in [0.29, 0.717) is 5.60 Å². The first kappa shape index (κ1) is 8.01. The second kappa shape index (κ2) is 2.82. The lowest BCUT2D eigenvalue weighted by molar-refractivity contribution is -0.113. The van der Waals surface area contributed by atoms with Crippen molar-refractivity contribution in [3.8, 4) is 0 Å². The van der Waals surface area contributed by atoms with E-state index in [1.807, 2.05) is 0 Å². The van der Waals surface area contributed by atoms with Crippen LogP contribution in [-0.2, 0) is 4.74 Å². The molecule has 3 aliphatic rings. The molecule has 0 bridgehead atoms. The normalized spacial score (nSPS) is 31.4. The molecule has 1 N–H and O–H groups in total. The number of rotatable bonds is 0. The van der Waals surface area contributed by atoms with Gasteiger partial charge in [-0.25, -0.2) is 0 Å². The minimum absolute atomic E-state index is 0.302. The molecule has 2 heterocycles. The first-order valence-corrected chi connectivity index (χ1v) is 5.42. The molecule has 0 aromatic heterocycles. The summed E-state index contributed by atoms with van der Waals surface area (Å²) in [4.78, 5) is 0. The molecule has 1 aliphatic carbocycles. The van der Waals surface area contributed by atoms with Crippen LogP contribution in [0.15, 0.2) is 11.1 Å². The van der Waals surface area contributed by atoms with Crippen molar-refractivity contribution in [3.63, 3.8) is 0 Å². The summed E-state index contributed by atoms with van der Waals surface area (Å²) in [6.07, 6.45) is 6.41. The highest BCUT2D eigenvalue weighted by Crippen LogP contribution is 2.44. The lowest BCUT2D eigenvalue weighted by Gasteiger charge is -2.46. The smallest absolute Gasteiger partial charge is 0.0719 e. The number of nitrogens with one attached hydrogen (secondary N) is 1. The molecule has 1 spiro atoms. The first-order valence-electron chi connectivity index (χ1n) is 5.42. The van der Waals surface area contributed by atoms with Gasteiger partial charge >= 0.3 is 0 Å². The molecule has 2 heteroatoms. The fourth-order valence-electron chi connectivity index (χ4n) is 2.61. The first-order chi connectivity index (χ1) is 6.38. The number of hydrogen-bond acceptors (Lipinski definition) is 2. The van der Waals surface area contributed by atoms with Gasteiger partial charge in [0.15, 0.2) is 0 Å². The molecule has 2 saturated heterocycles. The van der Waals surface area contributed by atoms with E-state index in [0.717, 1.165) is 19.7 Å². The molecule has 2 aliphatic heterocycles. The van der Waals surface area contributed by atoms with Crippen LogP contribution in [0.1, 0.15) is 32.1 Å². The third-order valence-electron chi connectivity index (χ3n) is 3.79. The molecule has 0 aromatic rings. The van der Waals surface area contributed by atoms with Crippen LogP contribution in [0.3, 0.4) is 0 Å². The van der Waals surface area contributed by atoms with Crippen molar-refractivity contribution >= 4 is 0 Å². The molecule has 0 amide bonds. The predicted octanol–water partition coefficient (Wildman–Crippen LogP) is 1.62. The summed E-state index contributed by atoms with van der Waals surface area (Å²) in [6.45, 7) is 3.26. The maximum atomic E-state index is 5.90. The van der Waals surface area contributed by atoms with Crippen LogP contribution in [-0.4, -0.2) is 25.3 Å². The van der Waals surface area contributed by atoms with Gasteiger partial charge in [-0.3, -0.25) is 0 Å². The van der Waals surface area contributed by atoms with E-state index in [2.05, 4.69) is 5.32 Å². The molecular weight excluding hydrogens is 162 g/mol. The Morgan fingerprint density at radius 3 is 2.54 bits per heavy atom. The Labute approximate surface area is 79.3 Å². The van der Waals surface area contributed by atoms with Crippen LogP contribution in [0.4, 0.5) is 0 Å². The lowest BCUT2D eigenvalue weighted by atomic mass is 9.73. The molecule has 2 nitrogen and oxygen atoms in total. The van der Waals surface area contributed by atoms with E-state index >= 15 is 0 Å². The van der Waals surface area contributed by atoms with Gasteiger partial charge in [-0.2, -0.15) is 0 Å². The summed E-state index contributed by atoms with van der Waals surface area (Å²) < 4.78 is 5.90. The number of ether oxygens (including phenoxy) is 1. The highest BCUT2D eigenvalue weighted by atomic mass is 16.5. The van der Waals surface area contributed by atoms with E-state index in [1.165, 1.54) is 32.1 Å². The fraction of sp³-hybridized carbons (Fsp3) is 0.818. The van der Waals surface area contributed by atoms with Gasteiger partial charge in [0.1, 0.15) is 0 Å². The van der Waals surface area contributed by atoms with Crippen molar-refractivity contribution in [2.24, 2.45) is 0 Å². The average molecular weight is 179 g/mol. The van der Waals surface area contributed by atoms with Crippen LogP contribution < -0.4 is 5.32 Å². The van der Waals surface area contributed by atoms with E-state index in [9.17, 15) is 0 Å². The molecule has 3 fully saturated rings. The Balaban J connectivity index is 1.76. The largest absolute Gasteiger partial charge is 0.374 e. The summed E-state index contributed by atoms with van der Waals surface area (Å²) in [7, 11) is 0. The summed E-state index contributed by atoms with van der Waals surface area (Å²) in [6, 6.07) is 0. The third-order valence-corrected chi connectivity index (χ3v) is 3.79.